The van der Waals surface area contributed by atoms with E-state index in [-0.39, 0.29) is 6.42 Å². The Labute approximate surface area is 113 Å². The van der Waals surface area contributed by atoms with Crippen LogP contribution in [0.15, 0.2) is 30.3 Å². The van der Waals surface area contributed by atoms with Crippen molar-refractivity contribution in [1.82, 2.24) is 5.32 Å². The third-order valence-electron chi connectivity index (χ3n) is 2.55. The molecule has 1 aromatic carbocycles. The molecule has 2 N–H and O–H groups in total. The fourth-order valence-electron chi connectivity index (χ4n) is 1.63. The molecule has 0 aromatic heterocycles. The van der Waals surface area contributed by atoms with Gasteiger partial charge in [-0.2, -0.15) is 13.2 Å². The van der Waals surface area contributed by atoms with Crippen molar-refractivity contribution in [2.24, 2.45) is 0 Å². The summed E-state index contributed by atoms with van der Waals surface area (Å²) in [5, 5.41) is 11.1. The molecule has 20 heavy (non-hydrogen) atoms. The zero-order valence-electron chi connectivity index (χ0n) is 10.5. The van der Waals surface area contributed by atoms with Crippen molar-refractivity contribution < 1.29 is 27.9 Å². The summed E-state index contributed by atoms with van der Waals surface area (Å²) < 4.78 is 36.0. The average molecular weight is 289 g/mol. The van der Waals surface area contributed by atoms with Crippen LogP contribution in [0.25, 0.3) is 0 Å². The summed E-state index contributed by atoms with van der Waals surface area (Å²) in [6, 6.07) is 7.41. The van der Waals surface area contributed by atoms with E-state index in [2.05, 4.69) is 5.32 Å². The van der Waals surface area contributed by atoms with Crippen LogP contribution >= 0.6 is 0 Å². The zero-order valence-corrected chi connectivity index (χ0v) is 10.5. The summed E-state index contributed by atoms with van der Waals surface area (Å²) in [6.07, 6.45) is -6.74. The van der Waals surface area contributed by atoms with Crippen LogP contribution in [-0.4, -0.2) is 23.2 Å². The Morgan fingerprint density at radius 2 is 1.80 bits per heavy atom. The summed E-state index contributed by atoms with van der Waals surface area (Å²) in [5.74, 6) is -1.97. The molecule has 0 aliphatic rings. The minimum atomic E-state index is -4.41. The number of rotatable bonds is 6. The Morgan fingerprint density at radius 1 is 1.20 bits per heavy atom. The van der Waals surface area contributed by atoms with E-state index in [0.29, 0.717) is 5.56 Å². The molecule has 4 nitrogen and oxygen atoms in total. The van der Waals surface area contributed by atoms with E-state index in [0.717, 1.165) is 0 Å². The van der Waals surface area contributed by atoms with Crippen molar-refractivity contribution in [2.45, 2.75) is 31.5 Å². The van der Waals surface area contributed by atoms with Gasteiger partial charge in [-0.15, -0.1) is 0 Å². The molecule has 0 aliphatic heterocycles. The first-order valence-electron chi connectivity index (χ1n) is 5.91. The number of hydrogen-bond acceptors (Lipinski definition) is 2. The van der Waals surface area contributed by atoms with Gasteiger partial charge in [-0.05, 0) is 5.56 Å². The first-order valence-corrected chi connectivity index (χ1v) is 5.91. The smallest absolute Gasteiger partial charge is 0.389 e. The van der Waals surface area contributed by atoms with Gasteiger partial charge in [0.1, 0.15) is 0 Å². The Balaban J connectivity index is 2.66. The van der Waals surface area contributed by atoms with Crippen LogP contribution in [0.2, 0.25) is 0 Å². The molecule has 0 radical (unpaired) electrons. The highest BCUT2D eigenvalue weighted by Gasteiger charge is 2.28. The van der Waals surface area contributed by atoms with Gasteiger partial charge in [-0.25, -0.2) is 0 Å². The number of benzene rings is 1. The predicted octanol–water partition coefficient (Wildman–Crippen LogP) is 2.66. The van der Waals surface area contributed by atoms with Crippen molar-refractivity contribution in [1.29, 1.82) is 0 Å². The highest BCUT2D eigenvalue weighted by Crippen LogP contribution is 2.22. The molecule has 0 saturated carbocycles. The second kappa shape index (κ2) is 6.93. The van der Waals surface area contributed by atoms with E-state index < -0.39 is 36.9 Å². The van der Waals surface area contributed by atoms with E-state index in [1.165, 1.54) is 0 Å². The molecule has 1 atom stereocenters. The number of hydrogen-bond donors (Lipinski definition) is 2. The molecule has 0 saturated heterocycles. The standard InChI is InChI=1S/C13H14F3NO3/c14-13(15,16)7-6-11(18)17-10(8-12(19)20)9-4-2-1-3-5-9/h1-5,10H,6-8H2,(H,17,18)(H,19,20). The van der Waals surface area contributed by atoms with Crippen LogP contribution in [0.3, 0.4) is 0 Å². The van der Waals surface area contributed by atoms with Gasteiger partial charge in [-0.3, -0.25) is 9.59 Å². The van der Waals surface area contributed by atoms with Gasteiger partial charge in [0.2, 0.25) is 5.91 Å². The lowest BCUT2D eigenvalue weighted by molar-refractivity contribution is -0.145. The molecule has 110 valence electrons. The number of carbonyl (C=O) groups is 2. The average Bonchev–Trinajstić information content (AvgIpc) is 2.35. The third-order valence-corrected chi connectivity index (χ3v) is 2.55. The topological polar surface area (TPSA) is 66.4 Å². The van der Waals surface area contributed by atoms with Gasteiger partial charge in [0, 0.05) is 6.42 Å². The van der Waals surface area contributed by atoms with Gasteiger partial charge in [0.05, 0.1) is 18.9 Å². The number of halogens is 3. The number of amides is 1. The number of carboxylic acids is 1. The third kappa shape index (κ3) is 6.21. The SMILES string of the molecule is O=C(O)CC(NC(=O)CCC(F)(F)F)c1ccccc1. The maximum Gasteiger partial charge on any atom is 0.389 e. The monoisotopic (exact) mass is 289 g/mol. The van der Waals surface area contributed by atoms with E-state index in [1.807, 2.05) is 0 Å². The summed E-state index contributed by atoms with van der Waals surface area (Å²) in [5.41, 5.74) is 0.537. The van der Waals surface area contributed by atoms with E-state index >= 15 is 0 Å². The van der Waals surface area contributed by atoms with E-state index in [9.17, 15) is 22.8 Å². The molecular formula is C13H14F3NO3. The number of carboxylic acid groups (broad SMARTS) is 1. The number of carbonyl (C=O) groups excluding carboxylic acids is 1. The first-order chi connectivity index (χ1) is 9.28. The first kappa shape index (κ1) is 16.0. The van der Waals surface area contributed by atoms with Crippen molar-refractivity contribution in [2.75, 3.05) is 0 Å². The fraction of sp³-hybridized carbons (Fsp3) is 0.385. The molecule has 0 spiro atoms. The van der Waals surface area contributed by atoms with Gasteiger partial charge < -0.3 is 10.4 Å². The predicted molar refractivity (Wildman–Crippen MR) is 64.9 cm³/mol. The summed E-state index contributed by atoms with van der Waals surface area (Å²) >= 11 is 0. The van der Waals surface area contributed by atoms with Crippen LogP contribution in [0.5, 0.6) is 0 Å². The van der Waals surface area contributed by atoms with Gasteiger partial charge in [0.15, 0.2) is 0 Å². The summed E-state index contributed by atoms with van der Waals surface area (Å²) in [4.78, 5) is 22.2. The molecule has 0 aliphatic carbocycles. The van der Waals surface area contributed by atoms with Crippen LogP contribution in [0.1, 0.15) is 30.9 Å². The quantitative estimate of drug-likeness (QED) is 0.846. The fourth-order valence-corrected chi connectivity index (χ4v) is 1.63. The highest BCUT2D eigenvalue weighted by molar-refractivity contribution is 5.77. The Bertz CT molecular complexity index is 460. The van der Waals surface area contributed by atoms with Crippen molar-refractivity contribution in [3.8, 4) is 0 Å². The highest BCUT2D eigenvalue weighted by atomic mass is 19.4. The van der Waals surface area contributed by atoms with Crippen LogP contribution in [0.4, 0.5) is 13.2 Å². The zero-order chi connectivity index (χ0) is 15.2. The second-order valence-electron chi connectivity index (χ2n) is 4.24. The van der Waals surface area contributed by atoms with Crippen molar-refractivity contribution >= 4 is 11.9 Å². The Morgan fingerprint density at radius 3 is 2.30 bits per heavy atom. The minimum absolute atomic E-state index is 0.387. The summed E-state index contributed by atoms with van der Waals surface area (Å²) in [7, 11) is 0. The van der Waals surface area contributed by atoms with Crippen LogP contribution < -0.4 is 5.32 Å². The normalized spacial score (nSPS) is 12.8. The Kier molecular flexibility index (Phi) is 5.54. The van der Waals surface area contributed by atoms with Gasteiger partial charge in [0.25, 0.3) is 0 Å². The minimum Gasteiger partial charge on any atom is -0.481 e. The van der Waals surface area contributed by atoms with Crippen molar-refractivity contribution in [3.63, 3.8) is 0 Å². The van der Waals surface area contributed by atoms with Gasteiger partial charge in [-0.1, -0.05) is 30.3 Å². The number of alkyl halides is 3. The lowest BCUT2D eigenvalue weighted by atomic mass is 10.0. The maximum atomic E-state index is 12.0. The molecule has 0 bridgehead atoms. The second-order valence-corrected chi connectivity index (χ2v) is 4.24. The molecule has 1 unspecified atom stereocenters. The summed E-state index contributed by atoms with van der Waals surface area (Å²) in [6.45, 7) is 0. The maximum absolute atomic E-state index is 12.0. The molecule has 7 heteroatoms. The molecular weight excluding hydrogens is 275 g/mol. The largest absolute Gasteiger partial charge is 0.481 e. The van der Waals surface area contributed by atoms with Crippen molar-refractivity contribution in [3.05, 3.63) is 35.9 Å². The lowest BCUT2D eigenvalue weighted by Crippen LogP contribution is -2.30. The molecule has 0 heterocycles. The molecule has 1 aromatic rings. The number of nitrogens with one attached hydrogen (secondary N) is 1. The molecule has 1 rings (SSSR count). The molecule has 1 amide bonds. The number of aliphatic carboxylic acids is 1. The lowest BCUT2D eigenvalue weighted by Gasteiger charge is -2.17. The Hall–Kier alpha value is -2.05. The van der Waals surface area contributed by atoms with Crippen LogP contribution in [-0.2, 0) is 9.59 Å². The van der Waals surface area contributed by atoms with Crippen LogP contribution in [0, 0.1) is 0 Å². The van der Waals surface area contributed by atoms with Gasteiger partial charge >= 0.3 is 12.1 Å². The van der Waals surface area contributed by atoms with E-state index in [4.69, 9.17) is 5.11 Å². The molecule has 0 fully saturated rings. The van der Waals surface area contributed by atoms with E-state index in [1.54, 1.807) is 30.3 Å².